The summed E-state index contributed by atoms with van der Waals surface area (Å²) in [5, 5.41) is 23.2. The second-order valence-electron chi connectivity index (χ2n) is 5.79. The maximum Gasteiger partial charge on any atom is 0.115 e. The molecule has 0 radical (unpaired) electrons. The number of hydrogen-bond donors (Lipinski definition) is 3. The molecule has 1 aromatic rings. The molecule has 0 spiro atoms. The van der Waals surface area contributed by atoms with Gasteiger partial charge in [0.1, 0.15) is 5.75 Å². The largest absolute Gasteiger partial charge is 0.508 e. The zero-order chi connectivity index (χ0) is 12.6. The molecule has 2 aliphatic carbocycles. The van der Waals surface area contributed by atoms with Gasteiger partial charge in [-0.05, 0) is 61.8 Å². The van der Waals surface area contributed by atoms with Crippen molar-refractivity contribution in [2.75, 3.05) is 6.54 Å². The lowest BCUT2D eigenvalue weighted by Crippen LogP contribution is -2.47. The Morgan fingerprint density at radius 2 is 2.11 bits per heavy atom. The van der Waals surface area contributed by atoms with Crippen LogP contribution in [0.15, 0.2) is 18.2 Å². The third-order valence-corrected chi connectivity index (χ3v) is 4.40. The van der Waals surface area contributed by atoms with Gasteiger partial charge in [0.2, 0.25) is 0 Å². The van der Waals surface area contributed by atoms with Crippen molar-refractivity contribution in [3.8, 4) is 5.75 Å². The molecule has 1 aromatic carbocycles. The number of aryl methyl sites for hydroxylation is 1. The Morgan fingerprint density at radius 1 is 1.28 bits per heavy atom. The quantitative estimate of drug-likeness (QED) is 0.768. The van der Waals surface area contributed by atoms with Crippen molar-refractivity contribution < 1.29 is 10.2 Å². The fraction of sp³-hybridized carbons (Fsp3) is 0.600. The number of nitrogens with one attached hydrogen (secondary N) is 1. The van der Waals surface area contributed by atoms with Crippen LogP contribution in [0.25, 0.3) is 0 Å². The normalized spacial score (nSPS) is 25.3. The molecule has 1 saturated carbocycles. The molecule has 0 saturated heterocycles. The summed E-state index contributed by atoms with van der Waals surface area (Å²) in [4.78, 5) is 0. The number of fused-ring (bicyclic) bond motifs is 1. The van der Waals surface area contributed by atoms with Gasteiger partial charge in [-0.2, -0.15) is 0 Å². The highest BCUT2D eigenvalue weighted by Crippen LogP contribution is 2.34. The van der Waals surface area contributed by atoms with E-state index >= 15 is 0 Å². The van der Waals surface area contributed by atoms with Crippen molar-refractivity contribution in [1.29, 1.82) is 0 Å². The second-order valence-corrected chi connectivity index (χ2v) is 5.79. The summed E-state index contributed by atoms with van der Waals surface area (Å²) in [7, 11) is 0. The van der Waals surface area contributed by atoms with E-state index in [1.807, 2.05) is 12.1 Å². The van der Waals surface area contributed by atoms with E-state index in [-0.39, 0.29) is 0 Å². The lowest BCUT2D eigenvalue weighted by atomic mass is 9.79. The first-order chi connectivity index (χ1) is 8.66. The number of hydrogen-bond acceptors (Lipinski definition) is 3. The zero-order valence-electron chi connectivity index (χ0n) is 10.7. The highest BCUT2D eigenvalue weighted by atomic mass is 16.3. The highest BCUT2D eigenvalue weighted by Gasteiger charge is 2.35. The van der Waals surface area contributed by atoms with Crippen LogP contribution in [0.1, 0.15) is 49.3 Å². The van der Waals surface area contributed by atoms with Gasteiger partial charge in [-0.15, -0.1) is 0 Å². The molecule has 98 valence electrons. The number of rotatable bonds is 3. The molecular formula is C15H21NO2. The van der Waals surface area contributed by atoms with Crippen molar-refractivity contribution >= 4 is 0 Å². The van der Waals surface area contributed by atoms with Crippen molar-refractivity contribution in [2.45, 2.75) is 50.2 Å². The van der Waals surface area contributed by atoms with Crippen LogP contribution >= 0.6 is 0 Å². The smallest absolute Gasteiger partial charge is 0.115 e. The minimum Gasteiger partial charge on any atom is -0.508 e. The summed E-state index contributed by atoms with van der Waals surface area (Å²) in [5.41, 5.74) is 2.08. The molecule has 0 aliphatic heterocycles. The summed E-state index contributed by atoms with van der Waals surface area (Å²) in [6.07, 6.45) is 6.31. The van der Waals surface area contributed by atoms with Crippen LogP contribution in [0.5, 0.6) is 5.75 Å². The van der Waals surface area contributed by atoms with Crippen LogP contribution in [0.2, 0.25) is 0 Å². The third kappa shape index (κ3) is 2.25. The predicted molar refractivity (Wildman–Crippen MR) is 70.6 cm³/mol. The lowest BCUT2D eigenvalue weighted by molar-refractivity contribution is -0.0336. The SMILES string of the molecule is Oc1ccc2c(c1)CCCC2NCC1(O)CCC1. The van der Waals surface area contributed by atoms with Gasteiger partial charge in [0.15, 0.2) is 0 Å². The first-order valence-corrected chi connectivity index (χ1v) is 6.94. The van der Waals surface area contributed by atoms with Gasteiger partial charge in [-0.3, -0.25) is 0 Å². The first-order valence-electron chi connectivity index (χ1n) is 6.94. The lowest BCUT2D eigenvalue weighted by Gasteiger charge is -2.39. The van der Waals surface area contributed by atoms with E-state index in [0.717, 1.165) is 38.5 Å². The maximum atomic E-state index is 10.1. The minimum absolute atomic E-state index is 0.332. The Bertz CT molecular complexity index is 440. The Labute approximate surface area is 108 Å². The van der Waals surface area contributed by atoms with Crippen LogP contribution in [-0.4, -0.2) is 22.4 Å². The molecule has 3 N–H and O–H groups in total. The fourth-order valence-corrected chi connectivity index (χ4v) is 3.09. The summed E-state index contributed by atoms with van der Waals surface area (Å²) < 4.78 is 0. The summed E-state index contributed by atoms with van der Waals surface area (Å²) >= 11 is 0. The van der Waals surface area contributed by atoms with Crippen LogP contribution in [0, 0.1) is 0 Å². The van der Waals surface area contributed by atoms with Crippen LogP contribution in [0.3, 0.4) is 0 Å². The van der Waals surface area contributed by atoms with Crippen LogP contribution in [-0.2, 0) is 6.42 Å². The Balaban J connectivity index is 1.71. The monoisotopic (exact) mass is 247 g/mol. The maximum absolute atomic E-state index is 10.1. The minimum atomic E-state index is -0.464. The van der Waals surface area contributed by atoms with Crippen LogP contribution in [0.4, 0.5) is 0 Å². The standard InChI is InChI=1S/C15H21NO2/c17-12-5-6-13-11(9-12)3-1-4-14(13)16-10-15(18)7-2-8-15/h5-6,9,14,16-18H,1-4,7-8,10H2. The van der Waals surface area contributed by atoms with Gasteiger partial charge in [0.05, 0.1) is 5.60 Å². The molecule has 2 aliphatic rings. The van der Waals surface area contributed by atoms with Crippen molar-refractivity contribution in [1.82, 2.24) is 5.32 Å². The number of phenols is 1. The van der Waals surface area contributed by atoms with Crippen molar-refractivity contribution in [3.63, 3.8) is 0 Å². The third-order valence-electron chi connectivity index (χ3n) is 4.40. The van der Waals surface area contributed by atoms with E-state index in [1.54, 1.807) is 6.07 Å². The first kappa shape index (κ1) is 12.0. The van der Waals surface area contributed by atoms with Gasteiger partial charge >= 0.3 is 0 Å². The van der Waals surface area contributed by atoms with Crippen LogP contribution < -0.4 is 5.32 Å². The van der Waals surface area contributed by atoms with Gasteiger partial charge in [0.25, 0.3) is 0 Å². The average Bonchev–Trinajstić information content (AvgIpc) is 2.33. The highest BCUT2D eigenvalue weighted by molar-refractivity contribution is 5.38. The molecule has 3 nitrogen and oxygen atoms in total. The van der Waals surface area contributed by atoms with Crippen molar-refractivity contribution in [3.05, 3.63) is 29.3 Å². The molecule has 0 aromatic heterocycles. The second kappa shape index (κ2) is 4.56. The van der Waals surface area contributed by atoms with E-state index in [1.165, 1.54) is 11.1 Å². The van der Waals surface area contributed by atoms with E-state index in [4.69, 9.17) is 0 Å². The number of aliphatic hydroxyl groups is 1. The Kier molecular flexibility index (Phi) is 3.04. The molecule has 0 bridgehead atoms. The molecule has 1 unspecified atom stereocenters. The molecule has 0 heterocycles. The van der Waals surface area contributed by atoms with Gasteiger partial charge in [0, 0.05) is 12.6 Å². The van der Waals surface area contributed by atoms with E-state index in [2.05, 4.69) is 5.32 Å². The molecule has 0 amide bonds. The van der Waals surface area contributed by atoms with E-state index in [9.17, 15) is 10.2 Å². The number of aromatic hydroxyl groups is 1. The average molecular weight is 247 g/mol. The molecule has 3 heteroatoms. The van der Waals surface area contributed by atoms with Gasteiger partial charge in [-0.25, -0.2) is 0 Å². The van der Waals surface area contributed by atoms with Gasteiger partial charge < -0.3 is 15.5 Å². The molecule has 18 heavy (non-hydrogen) atoms. The summed E-state index contributed by atoms with van der Waals surface area (Å²) in [6.45, 7) is 0.692. The topological polar surface area (TPSA) is 52.5 Å². The number of benzene rings is 1. The Morgan fingerprint density at radius 3 is 2.83 bits per heavy atom. The summed E-state index contributed by atoms with van der Waals surface area (Å²) in [5.74, 6) is 0.354. The fourth-order valence-electron chi connectivity index (χ4n) is 3.09. The predicted octanol–water partition coefficient (Wildman–Crippen LogP) is 2.27. The molecular weight excluding hydrogens is 226 g/mol. The van der Waals surface area contributed by atoms with Gasteiger partial charge in [-0.1, -0.05) is 6.07 Å². The van der Waals surface area contributed by atoms with E-state index < -0.39 is 5.60 Å². The summed E-state index contributed by atoms with van der Waals surface area (Å²) in [6, 6.07) is 5.99. The Hall–Kier alpha value is -1.06. The molecule has 1 atom stereocenters. The molecule has 1 fully saturated rings. The zero-order valence-corrected chi connectivity index (χ0v) is 10.7. The van der Waals surface area contributed by atoms with Crippen molar-refractivity contribution in [2.24, 2.45) is 0 Å². The number of phenolic OH excluding ortho intramolecular Hbond substituents is 1. The molecule has 3 rings (SSSR count). The van der Waals surface area contributed by atoms with E-state index in [0.29, 0.717) is 18.3 Å².